The molecule has 5 aliphatic rings. The van der Waals surface area contributed by atoms with E-state index in [1.165, 1.54) is 57.8 Å². The third-order valence-electron chi connectivity index (χ3n) is 11.8. The first-order valence-electron chi connectivity index (χ1n) is 15.3. The number of hydrogen-bond donors (Lipinski definition) is 1. The molecule has 0 unspecified atom stereocenters. The number of aromatic nitrogens is 2. The molecule has 36 heavy (non-hydrogen) atoms. The van der Waals surface area contributed by atoms with Crippen molar-refractivity contribution in [1.29, 1.82) is 0 Å². The molecule has 5 fully saturated rings. The van der Waals surface area contributed by atoms with Gasteiger partial charge in [-0.25, -0.2) is 0 Å². The van der Waals surface area contributed by atoms with E-state index in [1.807, 2.05) is 13.1 Å². The Labute approximate surface area is 217 Å². The molecule has 5 nitrogen and oxygen atoms in total. The third-order valence-corrected chi connectivity index (χ3v) is 11.8. The molecule has 0 aromatic carbocycles. The topological polar surface area (TPSA) is 64.3 Å². The van der Waals surface area contributed by atoms with E-state index in [2.05, 4.69) is 22.8 Å². The molecule has 5 saturated carbocycles. The normalized spacial score (nSPS) is 42.6. The van der Waals surface area contributed by atoms with Crippen molar-refractivity contribution in [3.05, 3.63) is 18.0 Å². The molecule has 5 heteroatoms. The van der Waals surface area contributed by atoms with Gasteiger partial charge in [-0.15, -0.1) is 0 Å². The minimum Gasteiger partial charge on any atom is -0.387 e. The molecule has 1 aromatic rings. The Morgan fingerprint density at radius 3 is 2.67 bits per heavy atom. The van der Waals surface area contributed by atoms with Crippen LogP contribution in [0.1, 0.15) is 109 Å². The fourth-order valence-corrected chi connectivity index (χ4v) is 10.2. The fraction of sp³-hybridized carbons (Fsp3) is 0.871. The van der Waals surface area contributed by atoms with Crippen LogP contribution in [-0.2, 0) is 16.0 Å². The van der Waals surface area contributed by atoms with Crippen LogP contribution in [0.2, 0.25) is 0 Å². The highest BCUT2D eigenvalue weighted by Gasteiger charge is 2.59. The lowest BCUT2D eigenvalue weighted by Crippen LogP contribution is -2.52. The van der Waals surface area contributed by atoms with Gasteiger partial charge < -0.3 is 9.84 Å². The number of Topliss-reactive ketones (excluding diaryl/α,β-unsaturated/α-hetero) is 1. The molecule has 1 aromatic heterocycles. The molecule has 0 bridgehead atoms. The quantitative estimate of drug-likeness (QED) is 0.492. The molecule has 0 spiro atoms. The lowest BCUT2D eigenvalue weighted by molar-refractivity contribution is -0.137. The second kappa shape index (κ2) is 9.84. The molecule has 1 heterocycles. The van der Waals surface area contributed by atoms with Crippen molar-refractivity contribution in [3.8, 4) is 0 Å². The Kier molecular flexibility index (Phi) is 6.86. The summed E-state index contributed by atoms with van der Waals surface area (Å²) in [6.45, 7) is 5.68. The number of nitrogens with zero attached hydrogens (tertiary/aromatic N) is 2. The van der Waals surface area contributed by atoms with E-state index in [9.17, 15) is 9.90 Å². The predicted octanol–water partition coefficient (Wildman–Crippen LogP) is 6.15. The predicted molar refractivity (Wildman–Crippen MR) is 140 cm³/mol. The van der Waals surface area contributed by atoms with E-state index in [4.69, 9.17) is 4.74 Å². The van der Waals surface area contributed by atoms with Crippen molar-refractivity contribution in [2.24, 2.45) is 40.9 Å². The average Bonchev–Trinajstić information content (AvgIpc) is 3.62. The maximum atomic E-state index is 13.8. The molecule has 8 atom stereocenters. The summed E-state index contributed by atoms with van der Waals surface area (Å²) in [7, 11) is 0. The van der Waals surface area contributed by atoms with Crippen molar-refractivity contribution in [2.75, 3.05) is 13.2 Å². The largest absolute Gasteiger partial charge is 0.387 e. The van der Waals surface area contributed by atoms with E-state index < -0.39 is 5.60 Å². The summed E-state index contributed by atoms with van der Waals surface area (Å²) < 4.78 is 7.84. The Balaban J connectivity index is 1.13. The van der Waals surface area contributed by atoms with Crippen LogP contribution in [0.4, 0.5) is 0 Å². The number of aliphatic hydroxyl groups is 1. The van der Waals surface area contributed by atoms with Crippen LogP contribution in [0.25, 0.3) is 0 Å². The van der Waals surface area contributed by atoms with Gasteiger partial charge in [0, 0.05) is 30.8 Å². The summed E-state index contributed by atoms with van der Waals surface area (Å²) in [5.41, 5.74) is 0.714. The van der Waals surface area contributed by atoms with Crippen LogP contribution in [0.3, 0.4) is 0 Å². The van der Waals surface area contributed by atoms with Crippen molar-refractivity contribution in [2.45, 2.75) is 115 Å². The Morgan fingerprint density at radius 1 is 1.06 bits per heavy atom. The van der Waals surface area contributed by atoms with Crippen molar-refractivity contribution >= 4 is 5.78 Å². The molecule has 0 radical (unpaired) electrons. The Bertz CT molecular complexity index is 938. The molecular formula is C31H48N2O3. The molecule has 0 saturated heterocycles. The average molecular weight is 497 g/mol. The SMILES string of the molecule is CCOC[C@@]1(O)CC[C@H]2[C@H](CC[C@@H]3[C@@H]2CC[C@]2(C)[C@@H](C(=O)Cc4ccnn4C4CCCC4)CC[C@@H]32)C1. The van der Waals surface area contributed by atoms with Gasteiger partial charge in [-0.05, 0) is 119 Å². The molecule has 6 rings (SSSR count). The summed E-state index contributed by atoms with van der Waals surface area (Å²) in [6.07, 6.45) is 17.8. The summed E-state index contributed by atoms with van der Waals surface area (Å²) in [5, 5.41) is 15.8. The summed E-state index contributed by atoms with van der Waals surface area (Å²) >= 11 is 0. The van der Waals surface area contributed by atoms with Crippen LogP contribution in [0.15, 0.2) is 12.3 Å². The first-order valence-corrected chi connectivity index (χ1v) is 15.3. The first-order chi connectivity index (χ1) is 17.4. The molecule has 200 valence electrons. The number of ketones is 1. The Morgan fingerprint density at radius 2 is 1.86 bits per heavy atom. The molecule has 5 aliphatic carbocycles. The maximum absolute atomic E-state index is 13.8. The second-order valence-electron chi connectivity index (χ2n) is 13.6. The molecule has 1 N–H and O–H groups in total. The number of ether oxygens (including phenoxy) is 1. The third kappa shape index (κ3) is 4.30. The molecule has 0 amide bonds. The number of carbonyl (C=O) groups excluding carboxylic acids is 1. The van der Waals surface area contributed by atoms with Gasteiger partial charge in [0.15, 0.2) is 0 Å². The standard InChI is InChI=1S/C31H48N2O3/c1-3-36-20-31(35)16-13-24-21(19-31)8-9-26-25(24)12-15-30(2)27(26)10-11-28(30)29(34)18-23-14-17-32-33(23)22-6-4-5-7-22/h14,17,21-22,24-28,35H,3-13,15-16,18-20H2,1-2H3/t21-,24+,25-,26-,27+,28-,30+,31-/m1/s1. The minimum absolute atomic E-state index is 0.174. The molecule has 0 aliphatic heterocycles. The van der Waals surface area contributed by atoms with Crippen molar-refractivity contribution < 1.29 is 14.6 Å². The first kappa shape index (κ1) is 25.1. The Hall–Kier alpha value is -1.20. The van der Waals surface area contributed by atoms with Crippen LogP contribution in [0, 0.1) is 40.9 Å². The monoisotopic (exact) mass is 496 g/mol. The highest BCUT2D eigenvalue weighted by Crippen LogP contribution is 2.64. The van der Waals surface area contributed by atoms with Gasteiger partial charge in [-0.1, -0.05) is 19.8 Å². The highest BCUT2D eigenvalue weighted by atomic mass is 16.5. The van der Waals surface area contributed by atoms with E-state index in [-0.39, 0.29) is 11.3 Å². The van der Waals surface area contributed by atoms with Crippen LogP contribution in [0.5, 0.6) is 0 Å². The fourth-order valence-electron chi connectivity index (χ4n) is 10.2. The number of fused-ring (bicyclic) bond motifs is 5. The summed E-state index contributed by atoms with van der Waals surface area (Å²) in [5.74, 6) is 4.41. The smallest absolute Gasteiger partial charge is 0.142 e. The molecular weight excluding hydrogens is 448 g/mol. The number of carbonyl (C=O) groups is 1. The lowest BCUT2D eigenvalue weighted by Gasteiger charge is -2.57. The van der Waals surface area contributed by atoms with Crippen molar-refractivity contribution in [3.63, 3.8) is 0 Å². The second-order valence-corrected chi connectivity index (χ2v) is 13.6. The minimum atomic E-state index is -0.608. The van der Waals surface area contributed by atoms with Gasteiger partial charge in [-0.3, -0.25) is 9.48 Å². The van der Waals surface area contributed by atoms with Crippen LogP contribution >= 0.6 is 0 Å². The number of rotatable bonds is 7. The van der Waals surface area contributed by atoms with E-state index in [1.54, 1.807) is 0 Å². The van der Waals surface area contributed by atoms with Gasteiger partial charge in [-0.2, -0.15) is 5.10 Å². The lowest BCUT2D eigenvalue weighted by atomic mass is 9.49. The van der Waals surface area contributed by atoms with Crippen molar-refractivity contribution in [1.82, 2.24) is 9.78 Å². The maximum Gasteiger partial charge on any atom is 0.142 e. The summed E-state index contributed by atoms with van der Waals surface area (Å²) in [6, 6.07) is 2.60. The van der Waals surface area contributed by atoms with E-state index in [0.717, 1.165) is 49.1 Å². The summed E-state index contributed by atoms with van der Waals surface area (Å²) in [4.78, 5) is 13.8. The van der Waals surface area contributed by atoms with Gasteiger partial charge in [0.05, 0.1) is 18.2 Å². The number of hydrogen-bond acceptors (Lipinski definition) is 4. The zero-order valence-corrected chi connectivity index (χ0v) is 22.7. The van der Waals surface area contributed by atoms with Gasteiger partial charge in [0.25, 0.3) is 0 Å². The van der Waals surface area contributed by atoms with Gasteiger partial charge >= 0.3 is 0 Å². The van der Waals surface area contributed by atoms with Crippen LogP contribution < -0.4 is 0 Å². The van der Waals surface area contributed by atoms with Gasteiger partial charge in [0.1, 0.15) is 5.78 Å². The van der Waals surface area contributed by atoms with Crippen LogP contribution in [-0.4, -0.2) is 39.5 Å². The zero-order valence-electron chi connectivity index (χ0n) is 22.7. The zero-order chi connectivity index (χ0) is 24.9. The van der Waals surface area contributed by atoms with E-state index in [0.29, 0.717) is 43.3 Å². The van der Waals surface area contributed by atoms with Gasteiger partial charge in [0.2, 0.25) is 0 Å². The highest BCUT2D eigenvalue weighted by molar-refractivity contribution is 5.84. The van der Waals surface area contributed by atoms with E-state index >= 15 is 0 Å².